The number of rotatable bonds is 1. The molecular formula is C35H40. The van der Waals surface area contributed by atoms with Crippen molar-refractivity contribution < 1.29 is 0 Å². The molecule has 5 aromatic carbocycles. The molecule has 0 radical (unpaired) electrons. The third-order valence-corrected chi connectivity index (χ3v) is 5.56. The third-order valence-electron chi connectivity index (χ3n) is 5.56. The molecule has 180 valence electrons. The van der Waals surface area contributed by atoms with E-state index in [1.54, 1.807) is 0 Å². The summed E-state index contributed by atoms with van der Waals surface area (Å²) in [6, 6.07) is 40.7. The van der Waals surface area contributed by atoms with Crippen LogP contribution in [0.2, 0.25) is 0 Å². The first-order valence-electron chi connectivity index (χ1n) is 12.5. The first-order valence-corrected chi connectivity index (χ1v) is 12.5. The number of benzene rings is 5. The van der Waals surface area contributed by atoms with Gasteiger partial charge in [0, 0.05) is 0 Å². The summed E-state index contributed by atoms with van der Waals surface area (Å²) in [7, 11) is 0. The summed E-state index contributed by atoms with van der Waals surface area (Å²) >= 11 is 0. The molecule has 0 saturated carbocycles. The van der Waals surface area contributed by atoms with Gasteiger partial charge in [-0.2, -0.15) is 0 Å². The zero-order chi connectivity index (χ0) is 25.6. The summed E-state index contributed by atoms with van der Waals surface area (Å²) in [5, 5.41) is 2.64. The molecule has 0 amide bonds. The van der Waals surface area contributed by atoms with Gasteiger partial charge in [0.25, 0.3) is 0 Å². The van der Waals surface area contributed by atoms with E-state index >= 15 is 0 Å². The van der Waals surface area contributed by atoms with Crippen LogP contribution in [0.15, 0.2) is 115 Å². The molecule has 5 rings (SSSR count). The van der Waals surface area contributed by atoms with Gasteiger partial charge in [0.05, 0.1) is 0 Å². The molecule has 0 atom stereocenters. The second-order valence-electron chi connectivity index (χ2n) is 8.74. The molecule has 0 bridgehead atoms. The Labute approximate surface area is 213 Å². The third kappa shape index (κ3) is 9.63. The number of fused-ring (bicyclic) bond motifs is 1. The molecule has 0 fully saturated rings. The van der Waals surface area contributed by atoms with Crippen molar-refractivity contribution in [2.24, 2.45) is 0 Å². The van der Waals surface area contributed by atoms with Gasteiger partial charge in [-0.25, -0.2) is 0 Å². The van der Waals surface area contributed by atoms with E-state index in [0.29, 0.717) is 0 Å². The first kappa shape index (κ1) is 27.6. The van der Waals surface area contributed by atoms with Crippen molar-refractivity contribution in [1.82, 2.24) is 0 Å². The molecule has 0 aromatic heterocycles. The van der Waals surface area contributed by atoms with Crippen molar-refractivity contribution in [2.75, 3.05) is 0 Å². The fourth-order valence-corrected chi connectivity index (χ4v) is 3.44. The van der Waals surface area contributed by atoms with Crippen LogP contribution in [0.1, 0.15) is 41.7 Å². The Morgan fingerprint density at radius 1 is 0.314 bits per heavy atom. The van der Waals surface area contributed by atoms with Crippen molar-refractivity contribution in [2.45, 2.75) is 48.5 Å². The van der Waals surface area contributed by atoms with Gasteiger partial charge in [-0.05, 0) is 56.5 Å². The van der Waals surface area contributed by atoms with Crippen LogP contribution in [-0.2, 0) is 0 Å². The van der Waals surface area contributed by atoms with Crippen molar-refractivity contribution in [3.63, 3.8) is 0 Å². The Morgan fingerprint density at radius 3 is 1.03 bits per heavy atom. The monoisotopic (exact) mass is 460 g/mol. The predicted molar refractivity (Wildman–Crippen MR) is 157 cm³/mol. The molecular weight excluding hydrogens is 420 g/mol. The van der Waals surface area contributed by atoms with Crippen LogP contribution in [0.5, 0.6) is 0 Å². The molecule has 0 saturated heterocycles. The lowest BCUT2D eigenvalue weighted by Gasteiger charge is -2.02. The molecule has 0 unspecified atom stereocenters. The average molecular weight is 461 g/mol. The molecule has 5 aromatic rings. The van der Waals surface area contributed by atoms with Crippen molar-refractivity contribution in [1.29, 1.82) is 0 Å². The van der Waals surface area contributed by atoms with Gasteiger partial charge < -0.3 is 0 Å². The molecule has 0 heteroatoms. The fourth-order valence-electron chi connectivity index (χ4n) is 3.44. The van der Waals surface area contributed by atoms with Gasteiger partial charge in [-0.1, -0.05) is 157 Å². The van der Waals surface area contributed by atoms with E-state index in [9.17, 15) is 0 Å². The molecule has 0 heterocycles. The largest absolute Gasteiger partial charge is 0.0683 e. The number of hydrogen-bond donors (Lipinski definition) is 0. The Bertz CT molecular complexity index is 1190. The molecule has 0 aliphatic carbocycles. The number of aryl methyl sites for hydroxylation is 5. The Balaban J connectivity index is 0.000000185. The first-order chi connectivity index (χ1) is 16.9. The van der Waals surface area contributed by atoms with E-state index < -0.39 is 0 Å². The number of hydrogen-bond acceptors (Lipinski definition) is 0. The lowest BCUT2D eigenvalue weighted by atomic mass is 10.0. The second kappa shape index (κ2) is 14.6. The maximum Gasteiger partial charge on any atom is -0.0181 e. The van der Waals surface area contributed by atoms with Gasteiger partial charge >= 0.3 is 0 Å². The van der Waals surface area contributed by atoms with Gasteiger partial charge in [-0.15, -0.1) is 0 Å². The van der Waals surface area contributed by atoms with Gasteiger partial charge in [0.2, 0.25) is 0 Å². The smallest absolute Gasteiger partial charge is 0.0181 e. The van der Waals surface area contributed by atoms with E-state index in [2.05, 4.69) is 150 Å². The highest BCUT2D eigenvalue weighted by atomic mass is 14.0. The fraction of sp³-hybridized carbons (Fsp3) is 0.200. The minimum atomic E-state index is 1.29. The quantitative estimate of drug-likeness (QED) is 0.233. The minimum absolute atomic E-state index is 1.29. The standard InChI is InChI=1S/C14H14.C11H10.C8H10.C2H6/c1-11-3-7-13(8-4-11)14-9-5-12(2)6-10-14;1-9-6-7-10-4-2-3-5-11(10)8-9;1-7-3-5-8(2)6-4-7;1-2/h3-10H,1-2H3;2-8H,1H3;3-6H,1-2H3;1-2H3. The average Bonchev–Trinajstić information content (AvgIpc) is 2.89. The van der Waals surface area contributed by atoms with E-state index in [1.165, 1.54) is 49.7 Å². The van der Waals surface area contributed by atoms with E-state index in [0.717, 1.165) is 0 Å². The van der Waals surface area contributed by atoms with Crippen molar-refractivity contribution >= 4 is 10.8 Å². The summed E-state index contributed by atoms with van der Waals surface area (Å²) < 4.78 is 0. The summed E-state index contributed by atoms with van der Waals surface area (Å²) in [5.74, 6) is 0. The molecule has 0 aliphatic heterocycles. The van der Waals surface area contributed by atoms with E-state index in [-0.39, 0.29) is 0 Å². The van der Waals surface area contributed by atoms with Crippen molar-refractivity contribution in [3.05, 3.63) is 143 Å². The Hall–Kier alpha value is -3.64. The molecule has 0 aliphatic rings. The zero-order valence-electron chi connectivity index (χ0n) is 22.5. The molecule has 0 spiro atoms. The van der Waals surface area contributed by atoms with Crippen LogP contribution in [-0.4, -0.2) is 0 Å². The summed E-state index contributed by atoms with van der Waals surface area (Å²) in [6.07, 6.45) is 0. The highest BCUT2D eigenvalue weighted by molar-refractivity contribution is 5.82. The molecule has 0 nitrogen and oxygen atoms in total. The van der Waals surface area contributed by atoms with Gasteiger partial charge in [0.15, 0.2) is 0 Å². The Morgan fingerprint density at radius 2 is 0.629 bits per heavy atom. The SMILES string of the molecule is CC.Cc1ccc(-c2ccc(C)cc2)cc1.Cc1ccc(C)cc1.Cc1ccc2ccccc2c1. The zero-order valence-corrected chi connectivity index (χ0v) is 22.5. The van der Waals surface area contributed by atoms with Crippen LogP contribution < -0.4 is 0 Å². The molecule has 0 N–H and O–H groups in total. The van der Waals surface area contributed by atoms with Crippen LogP contribution >= 0.6 is 0 Å². The van der Waals surface area contributed by atoms with E-state index in [1.807, 2.05) is 13.8 Å². The second-order valence-corrected chi connectivity index (χ2v) is 8.74. The maximum absolute atomic E-state index is 2.20. The van der Waals surface area contributed by atoms with Crippen molar-refractivity contribution in [3.8, 4) is 11.1 Å². The van der Waals surface area contributed by atoms with E-state index in [4.69, 9.17) is 0 Å². The lowest BCUT2D eigenvalue weighted by molar-refractivity contribution is 1.40. The highest BCUT2D eigenvalue weighted by Crippen LogP contribution is 2.20. The summed E-state index contributed by atoms with van der Waals surface area (Å²) in [4.78, 5) is 0. The minimum Gasteiger partial charge on any atom is -0.0683 e. The van der Waals surface area contributed by atoms with Gasteiger partial charge in [0.1, 0.15) is 0 Å². The highest BCUT2D eigenvalue weighted by Gasteiger charge is 1.95. The topological polar surface area (TPSA) is 0 Å². The lowest BCUT2D eigenvalue weighted by Crippen LogP contribution is -1.78. The normalized spacial score (nSPS) is 9.57. The van der Waals surface area contributed by atoms with Gasteiger partial charge in [-0.3, -0.25) is 0 Å². The van der Waals surface area contributed by atoms with Crippen LogP contribution in [0.4, 0.5) is 0 Å². The summed E-state index contributed by atoms with van der Waals surface area (Å²) in [6.45, 7) is 14.5. The maximum atomic E-state index is 2.20. The molecule has 35 heavy (non-hydrogen) atoms. The van der Waals surface area contributed by atoms with Crippen LogP contribution in [0.25, 0.3) is 21.9 Å². The summed E-state index contributed by atoms with van der Waals surface area (Å²) in [5.41, 5.74) is 9.17. The van der Waals surface area contributed by atoms with Crippen LogP contribution in [0, 0.1) is 34.6 Å². The Kier molecular flexibility index (Phi) is 11.5. The van der Waals surface area contributed by atoms with Crippen LogP contribution in [0.3, 0.4) is 0 Å². The predicted octanol–water partition coefficient (Wildman–Crippen LogP) is 10.4.